The summed E-state index contributed by atoms with van der Waals surface area (Å²) in [6, 6.07) is 14.6. The highest BCUT2D eigenvalue weighted by Gasteiger charge is 2.20. The lowest BCUT2D eigenvalue weighted by atomic mass is 10.0. The quantitative estimate of drug-likeness (QED) is 0.534. The van der Waals surface area contributed by atoms with E-state index < -0.39 is 6.09 Å². The van der Waals surface area contributed by atoms with Gasteiger partial charge in [-0.1, -0.05) is 35.9 Å². The predicted octanol–water partition coefficient (Wildman–Crippen LogP) is 4.99. The number of halogens is 1. The van der Waals surface area contributed by atoms with Crippen molar-refractivity contribution in [2.24, 2.45) is 0 Å². The highest BCUT2D eigenvalue weighted by atomic mass is 35.5. The van der Waals surface area contributed by atoms with Crippen molar-refractivity contribution in [3.05, 3.63) is 82.9 Å². The highest BCUT2D eigenvalue weighted by Crippen LogP contribution is 2.22. The second-order valence-corrected chi connectivity index (χ2v) is 8.20. The minimum Gasteiger partial charge on any atom is -0.465 e. The van der Waals surface area contributed by atoms with Gasteiger partial charge in [0.15, 0.2) is 0 Å². The number of nitrogens with zero attached hydrogens (tertiary/aromatic N) is 3. The molecular weight excluding hydrogens is 412 g/mol. The number of aromatic nitrogens is 2. The second-order valence-electron chi connectivity index (χ2n) is 7.76. The molecular formula is C24H25ClN4O2. The van der Waals surface area contributed by atoms with Crippen molar-refractivity contribution in [2.75, 3.05) is 18.0 Å². The van der Waals surface area contributed by atoms with E-state index in [2.05, 4.69) is 57.7 Å². The number of hydrogen-bond donors (Lipinski definition) is 2. The van der Waals surface area contributed by atoms with E-state index in [1.54, 1.807) is 12.5 Å². The van der Waals surface area contributed by atoms with E-state index in [1.165, 1.54) is 0 Å². The van der Waals surface area contributed by atoms with Gasteiger partial charge in [0.05, 0.1) is 6.33 Å². The van der Waals surface area contributed by atoms with Gasteiger partial charge in [-0.3, -0.25) is 0 Å². The van der Waals surface area contributed by atoms with Crippen LogP contribution < -0.4 is 10.2 Å². The molecule has 1 amide bonds. The molecule has 1 aliphatic rings. The maximum absolute atomic E-state index is 10.8. The average molecular weight is 437 g/mol. The first-order valence-electron chi connectivity index (χ1n) is 10.3. The smallest absolute Gasteiger partial charge is 0.404 e. The standard InChI is InChI=1S/C24H25ClN4O2/c25-21-14-19(13-20(15-21)16-28-12-9-26-17-28)2-1-18-3-5-23(6-4-18)29-10-7-22(8-11-29)27-24(30)31/h1-6,9,12-15,17,22,27H,7-8,10-11,16H2,(H,30,31). The minimum atomic E-state index is -0.942. The van der Waals surface area contributed by atoms with Crippen molar-refractivity contribution in [1.82, 2.24) is 14.9 Å². The lowest BCUT2D eigenvalue weighted by Crippen LogP contribution is -2.44. The van der Waals surface area contributed by atoms with E-state index in [9.17, 15) is 4.79 Å². The number of carboxylic acid groups (broad SMARTS) is 1. The van der Waals surface area contributed by atoms with Crippen LogP contribution in [-0.4, -0.2) is 39.9 Å². The van der Waals surface area contributed by atoms with E-state index in [-0.39, 0.29) is 6.04 Å². The first-order valence-corrected chi connectivity index (χ1v) is 10.7. The van der Waals surface area contributed by atoms with E-state index in [1.807, 2.05) is 22.9 Å². The molecule has 0 radical (unpaired) electrons. The molecule has 6 nitrogen and oxygen atoms in total. The number of imidazole rings is 1. The second kappa shape index (κ2) is 9.71. The van der Waals surface area contributed by atoms with Crippen LogP contribution >= 0.6 is 11.6 Å². The summed E-state index contributed by atoms with van der Waals surface area (Å²) >= 11 is 6.32. The van der Waals surface area contributed by atoms with Crippen LogP contribution in [-0.2, 0) is 6.54 Å². The molecule has 1 aromatic heterocycles. The molecule has 0 atom stereocenters. The molecule has 0 unspecified atom stereocenters. The van der Waals surface area contributed by atoms with E-state index >= 15 is 0 Å². The van der Waals surface area contributed by atoms with Crippen molar-refractivity contribution >= 4 is 35.5 Å². The van der Waals surface area contributed by atoms with E-state index in [4.69, 9.17) is 16.7 Å². The van der Waals surface area contributed by atoms with Crippen molar-refractivity contribution in [3.8, 4) is 0 Å². The number of piperidine rings is 1. The molecule has 1 fully saturated rings. The number of hydrogen-bond acceptors (Lipinski definition) is 3. The molecule has 7 heteroatoms. The average Bonchev–Trinajstić information content (AvgIpc) is 3.25. The van der Waals surface area contributed by atoms with Crippen LogP contribution in [0.1, 0.15) is 29.5 Å². The summed E-state index contributed by atoms with van der Waals surface area (Å²) in [5.74, 6) is 0. The van der Waals surface area contributed by atoms with E-state index in [0.29, 0.717) is 5.02 Å². The zero-order valence-corrected chi connectivity index (χ0v) is 17.9. The number of carbonyl (C=O) groups is 1. The number of nitrogens with one attached hydrogen (secondary N) is 1. The topological polar surface area (TPSA) is 70.4 Å². The zero-order valence-electron chi connectivity index (χ0n) is 17.1. The first kappa shape index (κ1) is 21.0. The van der Waals surface area contributed by atoms with Crippen molar-refractivity contribution < 1.29 is 9.90 Å². The van der Waals surface area contributed by atoms with E-state index in [0.717, 1.165) is 54.9 Å². The summed E-state index contributed by atoms with van der Waals surface area (Å²) in [6.07, 6.45) is 10.4. The Kier molecular flexibility index (Phi) is 6.57. The van der Waals surface area contributed by atoms with Crippen LogP contribution in [0.15, 0.2) is 61.2 Å². The molecule has 0 bridgehead atoms. The Hall–Kier alpha value is -3.25. The van der Waals surface area contributed by atoms with Gasteiger partial charge in [-0.2, -0.15) is 0 Å². The van der Waals surface area contributed by atoms with Crippen LogP contribution in [0, 0.1) is 0 Å². The third kappa shape index (κ3) is 5.89. The Morgan fingerprint density at radius 1 is 1.13 bits per heavy atom. The molecule has 2 aromatic carbocycles. The van der Waals surface area contributed by atoms with Crippen molar-refractivity contribution in [2.45, 2.75) is 25.4 Å². The van der Waals surface area contributed by atoms with Crippen molar-refractivity contribution in [1.29, 1.82) is 0 Å². The van der Waals surface area contributed by atoms with Gasteiger partial charge in [0.2, 0.25) is 0 Å². The van der Waals surface area contributed by atoms with Gasteiger partial charge in [0.25, 0.3) is 0 Å². The SMILES string of the molecule is O=C(O)NC1CCN(c2ccc(C=Cc3cc(Cl)cc(Cn4ccnc4)c3)cc2)CC1. The third-order valence-electron chi connectivity index (χ3n) is 5.45. The molecule has 31 heavy (non-hydrogen) atoms. The molecule has 4 rings (SSSR count). The van der Waals surface area contributed by atoms with Gasteiger partial charge in [-0.25, -0.2) is 9.78 Å². The van der Waals surface area contributed by atoms with Gasteiger partial charge >= 0.3 is 6.09 Å². The molecule has 160 valence electrons. The Labute approximate surface area is 186 Å². The molecule has 2 N–H and O–H groups in total. The molecule has 0 saturated carbocycles. The number of rotatable bonds is 6. The van der Waals surface area contributed by atoms with Gasteiger partial charge < -0.3 is 19.9 Å². The maximum atomic E-state index is 10.8. The normalized spacial score (nSPS) is 14.8. The van der Waals surface area contributed by atoms with Gasteiger partial charge in [0.1, 0.15) is 0 Å². The molecule has 1 aliphatic heterocycles. The Bertz CT molecular complexity index is 1040. The molecule has 2 heterocycles. The number of anilines is 1. The molecule has 3 aromatic rings. The maximum Gasteiger partial charge on any atom is 0.404 e. The monoisotopic (exact) mass is 436 g/mol. The fourth-order valence-corrected chi connectivity index (χ4v) is 4.17. The fourth-order valence-electron chi connectivity index (χ4n) is 3.90. The Morgan fingerprint density at radius 2 is 1.87 bits per heavy atom. The van der Waals surface area contributed by atoms with Crippen molar-refractivity contribution in [3.63, 3.8) is 0 Å². The largest absolute Gasteiger partial charge is 0.465 e. The van der Waals surface area contributed by atoms with Crippen LogP contribution in [0.5, 0.6) is 0 Å². The van der Waals surface area contributed by atoms with Gasteiger partial charge in [0, 0.05) is 48.8 Å². The third-order valence-corrected chi connectivity index (χ3v) is 5.67. The van der Waals surface area contributed by atoms with Crippen LogP contribution in [0.4, 0.5) is 10.5 Å². The lowest BCUT2D eigenvalue weighted by Gasteiger charge is -2.33. The van der Waals surface area contributed by atoms with Gasteiger partial charge in [-0.05, 0) is 59.9 Å². The number of amides is 1. The summed E-state index contributed by atoms with van der Waals surface area (Å²) in [6.45, 7) is 2.43. The van der Waals surface area contributed by atoms with Crippen LogP contribution in [0.2, 0.25) is 5.02 Å². The zero-order chi connectivity index (χ0) is 21.6. The molecule has 0 aliphatic carbocycles. The van der Waals surface area contributed by atoms with Crippen LogP contribution in [0.3, 0.4) is 0 Å². The summed E-state index contributed by atoms with van der Waals surface area (Å²) < 4.78 is 2.01. The molecule has 1 saturated heterocycles. The summed E-state index contributed by atoms with van der Waals surface area (Å²) in [7, 11) is 0. The Balaban J connectivity index is 1.38. The number of benzene rings is 2. The van der Waals surface area contributed by atoms with Crippen LogP contribution in [0.25, 0.3) is 12.2 Å². The predicted molar refractivity (Wildman–Crippen MR) is 125 cm³/mol. The summed E-state index contributed by atoms with van der Waals surface area (Å²) in [4.78, 5) is 17.2. The highest BCUT2D eigenvalue weighted by molar-refractivity contribution is 6.30. The van der Waals surface area contributed by atoms with Gasteiger partial charge in [-0.15, -0.1) is 0 Å². The summed E-state index contributed by atoms with van der Waals surface area (Å²) in [5.41, 5.74) is 4.46. The fraction of sp³-hybridized carbons (Fsp3) is 0.250. The molecule has 0 spiro atoms. The first-order chi connectivity index (χ1) is 15.0. The Morgan fingerprint density at radius 3 is 2.55 bits per heavy atom. The lowest BCUT2D eigenvalue weighted by molar-refractivity contribution is 0.187. The summed E-state index contributed by atoms with van der Waals surface area (Å²) in [5, 5.41) is 12.2. The minimum absolute atomic E-state index is 0.0484.